The Labute approximate surface area is 179 Å². The SMILES string of the molecule is C[C@H](CCC(=O)O)[C@H]1CC[C@H]2[C@@H]3[C@@H](O)[C@@H](O)[C@@H]4C[C@H](O)CC[C@]4(C)[C@H]3C[C@@H](O)[C@]12C. The highest BCUT2D eigenvalue weighted by Crippen LogP contribution is 2.68. The summed E-state index contributed by atoms with van der Waals surface area (Å²) in [5.74, 6) is -0.299. The second-order valence-corrected chi connectivity index (χ2v) is 11.5. The van der Waals surface area contributed by atoms with Gasteiger partial charge < -0.3 is 25.5 Å². The second kappa shape index (κ2) is 7.72. The highest BCUT2D eigenvalue weighted by Gasteiger charge is 2.67. The lowest BCUT2D eigenvalue weighted by molar-refractivity contribution is -0.243. The third-order valence-electron chi connectivity index (χ3n) is 10.4. The molecule has 6 nitrogen and oxygen atoms in total. The van der Waals surface area contributed by atoms with Crippen LogP contribution in [0.4, 0.5) is 0 Å². The van der Waals surface area contributed by atoms with Crippen LogP contribution in [0.3, 0.4) is 0 Å². The lowest BCUT2D eigenvalue weighted by Gasteiger charge is -2.64. The zero-order valence-electron chi connectivity index (χ0n) is 18.6. The normalized spacial score (nSPS) is 54.0. The molecule has 4 aliphatic carbocycles. The Morgan fingerprint density at radius 3 is 2.33 bits per heavy atom. The van der Waals surface area contributed by atoms with Gasteiger partial charge in [-0.15, -0.1) is 0 Å². The molecular formula is C24H40O6. The average molecular weight is 425 g/mol. The van der Waals surface area contributed by atoms with Crippen molar-refractivity contribution in [3.05, 3.63) is 0 Å². The van der Waals surface area contributed by atoms with Gasteiger partial charge in [0.2, 0.25) is 0 Å². The first kappa shape index (κ1) is 22.5. The first-order valence-corrected chi connectivity index (χ1v) is 12.0. The van der Waals surface area contributed by atoms with Crippen molar-refractivity contribution in [1.29, 1.82) is 0 Å². The molecule has 5 N–H and O–H groups in total. The Kier molecular flexibility index (Phi) is 5.79. The molecule has 0 unspecified atom stereocenters. The maximum absolute atomic E-state index is 11.5. The number of hydrogen-bond donors (Lipinski definition) is 5. The summed E-state index contributed by atoms with van der Waals surface area (Å²) in [6, 6.07) is 0. The minimum atomic E-state index is -0.839. The number of aliphatic hydroxyl groups is 4. The van der Waals surface area contributed by atoms with E-state index in [2.05, 4.69) is 20.8 Å². The quantitative estimate of drug-likeness (QED) is 0.473. The first-order chi connectivity index (χ1) is 14.0. The Balaban J connectivity index is 1.64. The number of carboxylic acids is 1. The van der Waals surface area contributed by atoms with E-state index < -0.39 is 30.4 Å². The van der Waals surface area contributed by atoms with Gasteiger partial charge in [-0.05, 0) is 91.3 Å². The predicted octanol–water partition coefficient (Wildman–Crippen LogP) is 2.42. The summed E-state index contributed by atoms with van der Waals surface area (Å²) in [6.07, 6.45) is 2.67. The van der Waals surface area contributed by atoms with Crippen LogP contribution in [0.1, 0.15) is 72.1 Å². The highest BCUT2D eigenvalue weighted by atomic mass is 16.4. The van der Waals surface area contributed by atoms with Crippen molar-refractivity contribution in [3.8, 4) is 0 Å². The fraction of sp³-hybridized carbons (Fsp3) is 0.958. The molecule has 0 amide bonds. The van der Waals surface area contributed by atoms with Crippen molar-refractivity contribution in [2.75, 3.05) is 0 Å². The Morgan fingerprint density at radius 1 is 0.967 bits per heavy atom. The predicted molar refractivity (Wildman–Crippen MR) is 111 cm³/mol. The van der Waals surface area contributed by atoms with Gasteiger partial charge in [-0.1, -0.05) is 20.8 Å². The summed E-state index contributed by atoms with van der Waals surface area (Å²) >= 11 is 0. The fourth-order valence-electron chi connectivity index (χ4n) is 8.72. The van der Waals surface area contributed by atoms with Crippen molar-refractivity contribution in [1.82, 2.24) is 0 Å². The maximum Gasteiger partial charge on any atom is 0.303 e. The van der Waals surface area contributed by atoms with Crippen molar-refractivity contribution in [2.24, 2.45) is 46.3 Å². The van der Waals surface area contributed by atoms with E-state index >= 15 is 0 Å². The van der Waals surface area contributed by atoms with E-state index in [0.29, 0.717) is 25.7 Å². The molecule has 4 rings (SSSR count). The second-order valence-electron chi connectivity index (χ2n) is 11.5. The van der Waals surface area contributed by atoms with E-state index in [4.69, 9.17) is 5.11 Å². The largest absolute Gasteiger partial charge is 0.481 e. The molecule has 30 heavy (non-hydrogen) atoms. The van der Waals surface area contributed by atoms with E-state index in [0.717, 1.165) is 19.3 Å². The van der Waals surface area contributed by atoms with Crippen molar-refractivity contribution >= 4 is 5.97 Å². The van der Waals surface area contributed by atoms with Crippen LogP contribution >= 0.6 is 0 Å². The number of carbonyl (C=O) groups is 1. The van der Waals surface area contributed by atoms with Gasteiger partial charge >= 0.3 is 5.97 Å². The van der Waals surface area contributed by atoms with Crippen molar-refractivity contribution in [3.63, 3.8) is 0 Å². The van der Waals surface area contributed by atoms with Crippen LogP contribution in [0, 0.1) is 46.3 Å². The van der Waals surface area contributed by atoms with Gasteiger partial charge in [0.15, 0.2) is 0 Å². The topological polar surface area (TPSA) is 118 Å². The number of fused-ring (bicyclic) bond motifs is 5. The van der Waals surface area contributed by atoms with Crippen LogP contribution < -0.4 is 0 Å². The van der Waals surface area contributed by atoms with Gasteiger partial charge in [0.25, 0.3) is 0 Å². The Bertz CT molecular complexity index is 668. The smallest absolute Gasteiger partial charge is 0.303 e. The van der Waals surface area contributed by atoms with Crippen LogP contribution in [-0.2, 0) is 4.79 Å². The molecule has 0 aromatic heterocycles. The van der Waals surface area contributed by atoms with Gasteiger partial charge in [-0.2, -0.15) is 0 Å². The van der Waals surface area contributed by atoms with E-state index in [9.17, 15) is 25.2 Å². The molecule has 0 bridgehead atoms. The summed E-state index contributed by atoms with van der Waals surface area (Å²) in [6.45, 7) is 6.45. The number of hydrogen-bond acceptors (Lipinski definition) is 5. The van der Waals surface area contributed by atoms with Crippen LogP contribution in [0.5, 0.6) is 0 Å². The van der Waals surface area contributed by atoms with Crippen LogP contribution in [-0.4, -0.2) is 55.9 Å². The lowest BCUT2D eigenvalue weighted by atomic mass is 9.42. The zero-order chi connectivity index (χ0) is 22.0. The van der Waals surface area contributed by atoms with Crippen LogP contribution in [0.15, 0.2) is 0 Å². The standard InChI is InChI=1S/C24H40O6/c1-12(4-7-19(27)28)14-5-6-15-20-16(11-18(26)24(14,15)3)23(2)9-8-13(25)10-17(23)21(29)22(20)30/h12-18,20-22,25-26,29-30H,4-11H2,1-3H3,(H,27,28)/t12-,13-,14-,15+,16+,17+,18-,20+,21+,22-,23-,24-/m1/s1. The third-order valence-corrected chi connectivity index (χ3v) is 10.4. The molecule has 6 heteroatoms. The van der Waals surface area contributed by atoms with Gasteiger partial charge in [-0.25, -0.2) is 0 Å². The summed E-state index contributed by atoms with van der Waals surface area (Å²) in [5, 5.41) is 53.1. The number of aliphatic carboxylic acids is 1. The van der Waals surface area contributed by atoms with E-state index in [1.54, 1.807) is 0 Å². The van der Waals surface area contributed by atoms with Crippen LogP contribution in [0.2, 0.25) is 0 Å². The molecule has 0 spiro atoms. The summed E-state index contributed by atoms with van der Waals surface area (Å²) < 4.78 is 0. The van der Waals surface area contributed by atoms with Gasteiger partial charge in [0.05, 0.1) is 24.4 Å². The number of aliphatic hydroxyl groups excluding tert-OH is 4. The zero-order valence-corrected chi connectivity index (χ0v) is 18.6. The van der Waals surface area contributed by atoms with Crippen LogP contribution in [0.25, 0.3) is 0 Å². The highest BCUT2D eigenvalue weighted by molar-refractivity contribution is 5.66. The van der Waals surface area contributed by atoms with Gasteiger partial charge in [0.1, 0.15) is 0 Å². The minimum absolute atomic E-state index is 0.0541. The van der Waals surface area contributed by atoms with E-state index in [1.807, 2.05) is 0 Å². The summed E-state index contributed by atoms with van der Waals surface area (Å²) in [5.41, 5.74) is -0.547. The lowest BCUT2D eigenvalue weighted by Crippen LogP contribution is -2.66. The maximum atomic E-state index is 11.5. The van der Waals surface area contributed by atoms with Gasteiger partial charge in [-0.3, -0.25) is 4.79 Å². The first-order valence-electron chi connectivity index (χ1n) is 12.0. The molecule has 0 radical (unpaired) electrons. The average Bonchev–Trinajstić information content (AvgIpc) is 3.05. The molecule has 4 saturated carbocycles. The van der Waals surface area contributed by atoms with Gasteiger partial charge in [0, 0.05) is 6.42 Å². The number of carboxylic acid groups (broad SMARTS) is 1. The molecule has 4 fully saturated rings. The third kappa shape index (κ3) is 3.16. The van der Waals surface area contributed by atoms with E-state index in [-0.39, 0.29) is 52.8 Å². The molecule has 0 aromatic carbocycles. The summed E-state index contributed by atoms with van der Waals surface area (Å²) in [7, 11) is 0. The molecule has 0 aromatic rings. The monoisotopic (exact) mass is 424 g/mol. The number of rotatable bonds is 4. The minimum Gasteiger partial charge on any atom is -0.481 e. The van der Waals surface area contributed by atoms with Crippen molar-refractivity contribution in [2.45, 2.75) is 96.6 Å². The molecule has 0 heterocycles. The van der Waals surface area contributed by atoms with E-state index in [1.165, 1.54) is 0 Å². The molecular weight excluding hydrogens is 384 g/mol. The molecule has 172 valence electrons. The summed E-state index contributed by atoms with van der Waals surface area (Å²) in [4.78, 5) is 11.1. The Hall–Kier alpha value is -0.690. The molecule has 0 saturated heterocycles. The molecule has 0 aliphatic heterocycles. The molecule has 12 atom stereocenters. The molecule has 4 aliphatic rings. The Morgan fingerprint density at radius 2 is 1.67 bits per heavy atom. The van der Waals surface area contributed by atoms with Crippen molar-refractivity contribution < 1.29 is 30.3 Å². The fourth-order valence-corrected chi connectivity index (χ4v) is 8.72.